The van der Waals surface area contributed by atoms with Gasteiger partial charge < -0.3 is 19.3 Å². The molecule has 8 heteroatoms. The Hall–Kier alpha value is -3.13. The summed E-state index contributed by atoms with van der Waals surface area (Å²) < 4.78 is 16.2. The first-order chi connectivity index (χ1) is 14.0. The summed E-state index contributed by atoms with van der Waals surface area (Å²) in [5.74, 6) is 0.942. The maximum atomic E-state index is 12.6. The van der Waals surface area contributed by atoms with Crippen LogP contribution in [0.5, 0.6) is 23.0 Å². The van der Waals surface area contributed by atoms with Crippen molar-refractivity contribution < 1.29 is 28.9 Å². The summed E-state index contributed by atoms with van der Waals surface area (Å²) in [6.45, 7) is 2.45. The molecule has 0 spiro atoms. The molecule has 0 aliphatic carbocycles. The predicted octanol–water partition coefficient (Wildman–Crippen LogP) is 3.91. The van der Waals surface area contributed by atoms with E-state index in [1.54, 1.807) is 37.4 Å². The first kappa shape index (κ1) is 20.6. The van der Waals surface area contributed by atoms with Gasteiger partial charge in [-0.15, -0.1) is 0 Å². The number of thioether (sulfide) groups is 1. The fourth-order valence-corrected chi connectivity index (χ4v) is 3.60. The van der Waals surface area contributed by atoms with Gasteiger partial charge in [0.25, 0.3) is 11.1 Å². The van der Waals surface area contributed by atoms with Gasteiger partial charge in [0.2, 0.25) is 0 Å². The van der Waals surface area contributed by atoms with Crippen LogP contribution in [0.25, 0.3) is 6.08 Å². The third-order valence-electron chi connectivity index (χ3n) is 4.13. The van der Waals surface area contributed by atoms with E-state index in [9.17, 15) is 14.7 Å². The van der Waals surface area contributed by atoms with Crippen molar-refractivity contribution in [2.45, 2.75) is 6.92 Å². The lowest BCUT2D eigenvalue weighted by atomic mass is 10.1. The number of phenols is 1. The standard InChI is InChI=1S/C21H21NO6S/c1-3-27-17-10-6-7-14(19(17)23)13-18-20(24)22(21(25)29-18)11-12-28-16-9-5-4-8-15(16)26-2/h4-10,13,23H,3,11-12H2,1-2H3/b18-13-. The largest absolute Gasteiger partial charge is 0.504 e. The predicted molar refractivity (Wildman–Crippen MR) is 110 cm³/mol. The maximum absolute atomic E-state index is 12.6. The SMILES string of the molecule is CCOc1cccc(/C=C2\SC(=O)N(CCOc3ccccc3OC)C2=O)c1O. The summed E-state index contributed by atoms with van der Waals surface area (Å²) in [5.41, 5.74) is 0.409. The molecule has 0 atom stereocenters. The molecule has 1 fully saturated rings. The van der Waals surface area contributed by atoms with Crippen molar-refractivity contribution in [3.8, 4) is 23.0 Å². The third-order valence-corrected chi connectivity index (χ3v) is 5.04. The van der Waals surface area contributed by atoms with E-state index in [-0.39, 0.29) is 29.0 Å². The van der Waals surface area contributed by atoms with E-state index < -0.39 is 5.91 Å². The van der Waals surface area contributed by atoms with E-state index in [1.807, 2.05) is 19.1 Å². The molecule has 0 radical (unpaired) electrons. The van der Waals surface area contributed by atoms with E-state index in [2.05, 4.69) is 0 Å². The number of imide groups is 1. The zero-order valence-corrected chi connectivity index (χ0v) is 16.9. The Morgan fingerprint density at radius 2 is 1.76 bits per heavy atom. The molecule has 1 aliphatic heterocycles. The third kappa shape index (κ3) is 4.65. The van der Waals surface area contributed by atoms with Crippen LogP contribution in [0.15, 0.2) is 47.4 Å². The molecule has 2 aromatic carbocycles. The lowest BCUT2D eigenvalue weighted by Gasteiger charge is -2.14. The Morgan fingerprint density at radius 1 is 1.03 bits per heavy atom. The number of para-hydroxylation sites is 3. The second-order valence-corrected chi connectivity index (χ2v) is 6.95. The highest BCUT2D eigenvalue weighted by molar-refractivity contribution is 8.18. The molecule has 0 unspecified atom stereocenters. The van der Waals surface area contributed by atoms with E-state index in [4.69, 9.17) is 14.2 Å². The van der Waals surface area contributed by atoms with Crippen LogP contribution < -0.4 is 14.2 Å². The van der Waals surface area contributed by atoms with Crippen molar-refractivity contribution in [3.05, 3.63) is 52.9 Å². The van der Waals surface area contributed by atoms with E-state index >= 15 is 0 Å². The minimum absolute atomic E-state index is 0.0688. The smallest absolute Gasteiger partial charge is 0.293 e. The van der Waals surface area contributed by atoms with Crippen molar-refractivity contribution >= 4 is 29.0 Å². The van der Waals surface area contributed by atoms with Gasteiger partial charge in [0.1, 0.15) is 6.61 Å². The Morgan fingerprint density at radius 3 is 2.48 bits per heavy atom. The van der Waals surface area contributed by atoms with Crippen LogP contribution in [0.1, 0.15) is 12.5 Å². The lowest BCUT2D eigenvalue weighted by Crippen LogP contribution is -2.32. The number of ether oxygens (including phenoxy) is 3. The highest BCUT2D eigenvalue weighted by Gasteiger charge is 2.35. The minimum atomic E-state index is -0.426. The van der Waals surface area contributed by atoms with Crippen molar-refractivity contribution in [3.63, 3.8) is 0 Å². The summed E-state index contributed by atoms with van der Waals surface area (Å²) in [7, 11) is 1.54. The Kier molecular flexibility index (Phi) is 6.66. The first-order valence-electron chi connectivity index (χ1n) is 9.01. The second kappa shape index (κ2) is 9.38. The fourth-order valence-electron chi connectivity index (χ4n) is 2.75. The summed E-state index contributed by atoms with van der Waals surface area (Å²) in [6.07, 6.45) is 1.49. The average Bonchev–Trinajstić information content (AvgIpc) is 2.99. The number of methoxy groups -OCH3 is 1. The topological polar surface area (TPSA) is 85.3 Å². The zero-order chi connectivity index (χ0) is 20.8. The van der Waals surface area contributed by atoms with Gasteiger partial charge in [-0.3, -0.25) is 14.5 Å². The summed E-state index contributed by atoms with van der Waals surface area (Å²) in [6, 6.07) is 12.1. The molecule has 3 rings (SSSR count). The van der Waals surface area contributed by atoms with E-state index in [0.29, 0.717) is 29.4 Å². The lowest BCUT2D eigenvalue weighted by molar-refractivity contribution is -0.123. The number of benzene rings is 2. The van der Waals surface area contributed by atoms with Crippen LogP contribution in [0.2, 0.25) is 0 Å². The number of hydrogen-bond acceptors (Lipinski definition) is 7. The molecular weight excluding hydrogens is 394 g/mol. The molecule has 1 aliphatic rings. The number of carbonyl (C=O) groups is 2. The van der Waals surface area contributed by atoms with Crippen LogP contribution in [0.3, 0.4) is 0 Å². The Labute approximate surface area is 172 Å². The van der Waals surface area contributed by atoms with Crippen LogP contribution in [-0.2, 0) is 4.79 Å². The highest BCUT2D eigenvalue weighted by Crippen LogP contribution is 2.36. The molecule has 0 aromatic heterocycles. The number of phenolic OH excluding ortho intramolecular Hbond substituents is 1. The Balaban J connectivity index is 1.68. The normalized spacial score (nSPS) is 15.1. The van der Waals surface area contributed by atoms with Gasteiger partial charge in [-0.05, 0) is 43.0 Å². The fraction of sp³-hybridized carbons (Fsp3) is 0.238. The summed E-state index contributed by atoms with van der Waals surface area (Å²) >= 11 is 0.825. The van der Waals surface area contributed by atoms with Gasteiger partial charge in [-0.1, -0.05) is 24.3 Å². The van der Waals surface area contributed by atoms with Gasteiger partial charge >= 0.3 is 0 Å². The average molecular weight is 415 g/mol. The zero-order valence-electron chi connectivity index (χ0n) is 16.1. The molecule has 1 saturated heterocycles. The molecule has 1 heterocycles. The van der Waals surface area contributed by atoms with Gasteiger partial charge in [0, 0.05) is 5.56 Å². The van der Waals surface area contributed by atoms with Crippen molar-refractivity contribution in [1.29, 1.82) is 0 Å². The number of rotatable bonds is 8. The molecule has 7 nitrogen and oxygen atoms in total. The van der Waals surface area contributed by atoms with E-state index in [0.717, 1.165) is 16.7 Å². The number of aromatic hydroxyl groups is 1. The van der Waals surface area contributed by atoms with Crippen LogP contribution in [0, 0.1) is 0 Å². The van der Waals surface area contributed by atoms with Gasteiger partial charge in [-0.25, -0.2) is 0 Å². The summed E-state index contributed by atoms with van der Waals surface area (Å²) in [4.78, 5) is 26.2. The minimum Gasteiger partial charge on any atom is -0.504 e. The number of amides is 2. The summed E-state index contributed by atoms with van der Waals surface area (Å²) in [5, 5.41) is 9.91. The highest BCUT2D eigenvalue weighted by atomic mass is 32.2. The molecule has 29 heavy (non-hydrogen) atoms. The van der Waals surface area contributed by atoms with Gasteiger partial charge in [0.15, 0.2) is 23.0 Å². The quantitative estimate of drug-likeness (QED) is 0.654. The number of hydrogen-bond donors (Lipinski definition) is 1. The molecular formula is C21H21NO6S. The molecule has 0 bridgehead atoms. The van der Waals surface area contributed by atoms with Crippen LogP contribution >= 0.6 is 11.8 Å². The van der Waals surface area contributed by atoms with Gasteiger partial charge in [-0.2, -0.15) is 0 Å². The monoisotopic (exact) mass is 415 g/mol. The van der Waals surface area contributed by atoms with Gasteiger partial charge in [0.05, 0.1) is 25.2 Å². The number of nitrogens with zero attached hydrogens (tertiary/aromatic N) is 1. The Bertz CT molecular complexity index is 943. The van der Waals surface area contributed by atoms with Crippen molar-refractivity contribution in [1.82, 2.24) is 4.90 Å². The van der Waals surface area contributed by atoms with Crippen molar-refractivity contribution in [2.75, 3.05) is 26.9 Å². The maximum Gasteiger partial charge on any atom is 0.293 e. The molecule has 152 valence electrons. The molecule has 1 N–H and O–H groups in total. The molecule has 2 amide bonds. The van der Waals surface area contributed by atoms with E-state index in [1.165, 1.54) is 6.08 Å². The second-order valence-electron chi connectivity index (χ2n) is 5.96. The van der Waals surface area contributed by atoms with Crippen molar-refractivity contribution in [2.24, 2.45) is 0 Å². The number of carbonyl (C=O) groups excluding carboxylic acids is 2. The van der Waals surface area contributed by atoms with Crippen LogP contribution in [0.4, 0.5) is 4.79 Å². The first-order valence-corrected chi connectivity index (χ1v) is 9.82. The van der Waals surface area contributed by atoms with Crippen LogP contribution in [-0.4, -0.2) is 48.0 Å². The molecule has 0 saturated carbocycles. The molecule has 2 aromatic rings.